The Labute approximate surface area is 289 Å². The summed E-state index contributed by atoms with van der Waals surface area (Å²) >= 11 is 0. The van der Waals surface area contributed by atoms with Gasteiger partial charge in [0.05, 0.1) is 12.7 Å². The molecule has 260 valence electrons. The molecule has 0 aliphatic carbocycles. The molecule has 3 atom stereocenters. The number of fused-ring (bicyclic) bond motifs is 2. The Morgan fingerprint density at radius 3 is 2.20 bits per heavy atom. The quantitative estimate of drug-likeness (QED) is 0.332. The predicted molar refractivity (Wildman–Crippen MR) is 189 cm³/mol. The third-order valence-electron chi connectivity index (χ3n) is 9.78. The van der Waals surface area contributed by atoms with Crippen LogP contribution in [0.2, 0.25) is 0 Å². The molecule has 3 fully saturated rings. The molecule has 3 amide bonds. The van der Waals surface area contributed by atoms with E-state index in [4.69, 9.17) is 14.5 Å². The summed E-state index contributed by atoms with van der Waals surface area (Å²) in [5.74, 6) is 1.36. The predicted octanol–water partition coefficient (Wildman–Crippen LogP) is 5.32. The zero-order chi connectivity index (χ0) is 34.7. The highest BCUT2D eigenvalue weighted by Crippen LogP contribution is 2.39. The van der Waals surface area contributed by atoms with E-state index in [9.17, 15) is 14.4 Å². The highest BCUT2D eigenvalue weighted by atomic mass is 16.6. The Bertz CT molecular complexity index is 1630. The van der Waals surface area contributed by atoms with Crippen LogP contribution in [0.5, 0.6) is 5.75 Å². The van der Waals surface area contributed by atoms with Crippen LogP contribution >= 0.6 is 0 Å². The van der Waals surface area contributed by atoms with Gasteiger partial charge < -0.3 is 34.8 Å². The topological polar surface area (TPSA) is 116 Å². The number of nitrogens with one attached hydrogen (secondary N) is 2. The Morgan fingerprint density at radius 1 is 0.898 bits per heavy atom. The SMILES string of the molecule is COc1cccc(C(=O)N[C@H]2C[C@H]3CC[C@@H](C2)N3c2ccc(C(=O)NCc3ccc(N4CCN(C(=O)OC(C)(C)C)CC4)cc3)cn2)c1C. The number of benzene rings is 2. The summed E-state index contributed by atoms with van der Waals surface area (Å²) in [6.07, 6.45) is 5.22. The van der Waals surface area contributed by atoms with Gasteiger partial charge in [0, 0.05) is 73.9 Å². The number of anilines is 2. The van der Waals surface area contributed by atoms with Crippen molar-refractivity contribution < 1.29 is 23.9 Å². The van der Waals surface area contributed by atoms with Crippen LogP contribution in [0.1, 0.15) is 78.3 Å². The fourth-order valence-electron chi connectivity index (χ4n) is 7.27. The van der Waals surface area contributed by atoms with Gasteiger partial charge in [0.25, 0.3) is 11.8 Å². The Morgan fingerprint density at radius 2 is 1.59 bits per heavy atom. The van der Waals surface area contributed by atoms with Gasteiger partial charge in [0.15, 0.2) is 0 Å². The molecule has 11 heteroatoms. The molecular weight excluding hydrogens is 620 g/mol. The lowest BCUT2D eigenvalue weighted by atomic mass is 9.96. The largest absolute Gasteiger partial charge is 0.496 e. The van der Waals surface area contributed by atoms with Gasteiger partial charge in [0.2, 0.25) is 0 Å². The van der Waals surface area contributed by atoms with Crippen molar-refractivity contribution in [3.8, 4) is 5.75 Å². The second-order valence-corrected chi connectivity index (χ2v) is 14.3. The highest BCUT2D eigenvalue weighted by molar-refractivity contribution is 5.96. The summed E-state index contributed by atoms with van der Waals surface area (Å²) < 4.78 is 10.9. The zero-order valence-corrected chi connectivity index (χ0v) is 29.2. The number of amides is 3. The molecule has 0 radical (unpaired) electrons. The van der Waals surface area contributed by atoms with E-state index in [-0.39, 0.29) is 23.9 Å². The molecule has 0 spiro atoms. The fraction of sp³-hybridized carbons (Fsp3) is 0.474. The second kappa shape index (κ2) is 14.4. The van der Waals surface area contributed by atoms with E-state index in [0.29, 0.717) is 48.6 Å². The molecule has 11 nitrogen and oxygen atoms in total. The van der Waals surface area contributed by atoms with Gasteiger partial charge in [-0.3, -0.25) is 9.59 Å². The average Bonchev–Trinajstić information content (AvgIpc) is 3.36. The Kier molecular flexibility index (Phi) is 9.99. The summed E-state index contributed by atoms with van der Waals surface area (Å²) in [4.78, 5) is 49.6. The van der Waals surface area contributed by atoms with E-state index in [1.54, 1.807) is 18.2 Å². The molecule has 3 aromatic rings. The lowest BCUT2D eigenvalue weighted by molar-refractivity contribution is 0.0240. The minimum Gasteiger partial charge on any atom is -0.496 e. The van der Waals surface area contributed by atoms with Gasteiger partial charge in [-0.15, -0.1) is 0 Å². The number of methoxy groups -OCH3 is 1. The first-order chi connectivity index (χ1) is 23.5. The van der Waals surface area contributed by atoms with Gasteiger partial charge in [-0.25, -0.2) is 9.78 Å². The van der Waals surface area contributed by atoms with Gasteiger partial charge in [0.1, 0.15) is 17.2 Å². The monoisotopic (exact) mass is 668 g/mol. The molecule has 0 unspecified atom stereocenters. The van der Waals surface area contributed by atoms with Crippen molar-refractivity contribution in [1.82, 2.24) is 20.5 Å². The van der Waals surface area contributed by atoms with Crippen molar-refractivity contribution in [2.75, 3.05) is 43.1 Å². The van der Waals surface area contributed by atoms with Crippen molar-refractivity contribution in [3.05, 3.63) is 83.0 Å². The molecule has 2 N–H and O–H groups in total. The molecule has 2 bridgehead atoms. The maximum atomic E-state index is 13.1. The van der Waals surface area contributed by atoms with Crippen LogP contribution in [0, 0.1) is 6.92 Å². The van der Waals surface area contributed by atoms with Gasteiger partial charge in [-0.05, 0) is 95.3 Å². The molecule has 0 saturated carbocycles. The lowest BCUT2D eigenvalue weighted by Crippen LogP contribution is -2.50. The molecular formula is C38H48N6O5. The molecule has 3 saturated heterocycles. The molecule has 3 aliphatic heterocycles. The van der Waals surface area contributed by atoms with Crippen LogP contribution in [-0.2, 0) is 11.3 Å². The van der Waals surface area contributed by atoms with Crippen LogP contribution < -0.4 is 25.2 Å². The van der Waals surface area contributed by atoms with E-state index in [1.807, 2.05) is 70.2 Å². The Balaban J connectivity index is 0.972. The standard InChI is InChI=1S/C38H48N6O5/c1-25-32(7-6-8-33(25)48-5)36(46)41-28-21-30-14-15-31(22-28)44(30)34-16-11-27(24-39-34)35(45)40-23-26-9-12-29(13-10-26)42-17-19-43(20-18-42)37(47)49-38(2,3)4/h6-13,16,24,28,30-31H,14-15,17-23H2,1-5H3,(H,40,45)(H,41,46)/t28-,30+,31-. The van der Waals surface area contributed by atoms with Crippen LogP contribution in [0.25, 0.3) is 0 Å². The number of hydrogen-bond donors (Lipinski definition) is 2. The Hall–Kier alpha value is -4.80. The maximum Gasteiger partial charge on any atom is 0.410 e. The maximum absolute atomic E-state index is 13.1. The number of carbonyl (C=O) groups is 3. The van der Waals surface area contributed by atoms with Gasteiger partial charge in [-0.2, -0.15) is 0 Å². The minimum atomic E-state index is -0.502. The number of pyridine rings is 1. The third-order valence-corrected chi connectivity index (χ3v) is 9.78. The molecule has 2 aromatic carbocycles. The first-order valence-electron chi connectivity index (χ1n) is 17.3. The fourth-order valence-corrected chi connectivity index (χ4v) is 7.27. The van der Waals surface area contributed by atoms with Gasteiger partial charge in [-0.1, -0.05) is 18.2 Å². The number of nitrogens with zero attached hydrogens (tertiary/aromatic N) is 4. The van der Waals surface area contributed by atoms with Crippen LogP contribution in [0.4, 0.5) is 16.3 Å². The van der Waals surface area contributed by atoms with E-state index < -0.39 is 5.60 Å². The lowest BCUT2D eigenvalue weighted by Gasteiger charge is -2.40. The third kappa shape index (κ3) is 7.92. The van der Waals surface area contributed by atoms with Crippen LogP contribution in [-0.4, -0.2) is 84.8 Å². The van der Waals surface area contributed by atoms with Gasteiger partial charge >= 0.3 is 6.09 Å². The number of aromatic nitrogens is 1. The van der Waals surface area contributed by atoms with E-state index in [2.05, 4.69) is 32.6 Å². The number of piperazine rings is 1. The summed E-state index contributed by atoms with van der Waals surface area (Å²) in [5.41, 5.74) is 3.60. The molecule has 1 aromatic heterocycles. The number of hydrogen-bond acceptors (Lipinski definition) is 8. The van der Waals surface area contributed by atoms with Crippen molar-refractivity contribution in [1.29, 1.82) is 0 Å². The summed E-state index contributed by atoms with van der Waals surface area (Å²) in [6.45, 7) is 10.6. The van der Waals surface area contributed by atoms with Crippen LogP contribution in [0.15, 0.2) is 60.8 Å². The van der Waals surface area contributed by atoms with Crippen LogP contribution in [0.3, 0.4) is 0 Å². The number of piperidine rings is 1. The summed E-state index contributed by atoms with van der Waals surface area (Å²) in [5, 5.41) is 6.28. The molecule has 6 rings (SSSR count). The van der Waals surface area contributed by atoms with Crippen molar-refractivity contribution >= 4 is 29.4 Å². The zero-order valence-electron chi connectivity index (χ0n) is 29.2. The molecule has 4 heterocycles. The molecule has 49 heavy (non-hydrogen) atoms. The summed E-state index contributed by atoms with van der Waals surface area (Å²) in [7, 11) is 1.62. The molecule has 3 aliphatic rings. The smallest absolute Gasteiger partial charge is 0.410 e. The van der Waals surface area contributed by atoms with E-state index >= 15 is 0 Å². The average molecular weight is 669 g/mol. The van der Waals surface area contributed by atoms with Crippen molar-refractivity contribution in [2.24, 2.45) is 0 Å². The first-order valence-corrected chi connectivity index (χ1v) is 17.3. The highest BCUT2D eigenvalue weighted by Gasteiger charge is 2.42. The second-order valence-electron chi connectivity index (χ2n) is 14.3. The first kappa shape index (κ1) is 34.1. The van der Waals surface area contributed by atoms with Crippen molar-refractivity contribution in [3.63, 3.8) is 0 Å². The van der Waals surface area contributed by atoms with E-state index in [1.165, 1.54) is 0 Å². The minimum absolute atomic E-state index is 0.0612. The number of ether oxygens (including phenoxy) is 2. The normalized spacial score (nSPS) is 20.5. The van der Waals surface area contributed by atoms with Crippen molar-refractivity contribution in [2.45, 2.75) is 83.6 Å². The number of rotatable bonds is 8. The number of carbonyl (C=O) groups excluding carboxylic acids is 3. The summed E-state index contributed by atoms with van der Waals surface area (Å²) in [6, 6.07) is 18.2. The van der Waals surface area contributed by atoms with E-state index in [0.717, 1.165) is 61.4 Å².